The topological polar surface area (TPSA) is 89.3 Å². The van der Waals surface area contributed by atoms with Crippen molar-refractivity contribution in [3.8, 4) is 22.8 Å². The Labute approximate surface area is 254 Å². The van der Waals surface area contributed by atoms with Crippen molar-refractivity contribution in [3.05, 3.63) is 60.3 Å². The average molecular weight is 582 g/mol. The first-order valence-electron chi connectivity index (χ1n) is 16.2. The molecule has 226 valence electrons. The van der Waals surface area contributed by atoms with Crippen molar-refractivity contribution in [2.24, 2.45) is 29.1 Å². The molecule has 8 nitrogen and oxygen atoms in total. The molecule has 2 bridgehead atoms. The SMILES string of the molecule is C[C@@H]1[C@@H](NC(=O)c2c(-c3ccccc3Oc3ccccc3)nnn2C(=O)N2CCCC3CCCCC32)C[C@@H]2C[C@H]1C2(C)C. The molecule has 8 rings (SSSR count). The summed E-state index contributed by atoms with van der Waals surface area (Å²) in [5.41, 5.74) is 1.50. The molecule has 1 saturated heterocycles. The number of piperidine rings is 1. The third kappa shape index (κ3) is 4.92. The van der Waals surface area contributed by atoms with Gasteiger partial charge in [-0.2, -0.15) is 4.68 Å². The van der Waals surface area contributed by atoms with E-state index in [9.17, 15) is 9.59 Å². The zero-order valence-electron chi connectivity index (χ0n) is 25.5. The predicted molar refractivity (Wildman–Crippen MR) is 165 cm³/mol. The monoisotopic (exact) mass is 581 g/mol. The van der Waals surface area contributed by atoms with Gasteiger partial charge in [0, 0.05) is 24.2 Å². The van der Waals surface area contributed by atoms with Crippen molar-refractivity contribution >= 4 is 11.9 Å². The molecule has 4 saturated carbocycles. The maximum absolute atomic E-state index is 14.3. The molecule has 0 radical (unpaired) electrons. The maximum atomic E-state index is 14.3. The summed E-state index contributed by atoms with van der Waals surface area (Å²) in [6.45, 7) is 7.66. The van der Waals surface area contributed by atoms with E-state index >= 15 is 0 Å². The van der Waals surface area contributed by atoms with Crippen molar-refractivity contribution in [2.75, 3.05) is 6.54 Å². The second kappa shape index (κ2) is 11.1. The second-order valence-corrected chi connectivity index (χ2v) is 13.9. The highest BCUT2D eigenvalue weighted by Gasteiger charge is 2.56. The summed E-state index contributed by atoms with van der Waals surface area (Å²) < 4.78 is 7.54. The Bertz CT molecular complexity index is 1500. The minimum Gasteiger partial charge on any atom is -0.457 e. The summed E-state index contributed by atoms with van der Waals surface area (Å²) in [6, 6.07) is 17.1. The second-order valence-electron chi connectivity index (χ2n) is 13.9. The van der Waals surface area contributed by atoms with Crippen LogP contribution in [0.3, 0.4) is 0 Å². The number of carbonyl (C=O) groups excluding carboxylic acids is 2. The third-order valence-electron chi connectivity index (χ3n) is 11.3. The maximum Gasteiger partial charge on any atom is 0.347 e. The van der Waals surface area contributed by atoms with E-state index in [-0.39, 0.29) is 29.7 Å². The summed E-state index contributed by atoms with van der Waals surface area (Å²) in [5, 5.41) is 12.3. The van der Waals surface area contributed by atoms with Crippen LogP contribution in [0.5, 0.6) is 11.5 Å². The molecule has 2 heterocycles. The number of aromatic nitrogens is 3. The van der Waals surface area contributed by atoms with Gasteiger partial charge in [-0.1, -0.05) is 69.2 Å². The number of amides is 2. The number of ether oxygens (including phenoxy) is 1. The van der Waals surface area contributed by atoms with Gasteiger partial charge in [0.15, 0.2) is 5.69 Å². The van der Waals surface area contributed by atoms with Gasteiger partial charge in [0.2, 0.25) is 0 Å². The van der Waals surface area contributed by atoms with Crippen LogP contribution < -0.4 is 10.1 Å². The van der Waals surface area contributed by atoms with Crippen molar-refractivity contribution in [3.63, 3.8) is 0 Å². The fourth-order valence-corrected chi connectivity index (χ4v) is 8.73. The standard InChI is InChI=1S/C35H43N5O3/c1-22-27-20-24(35(27,2)3)21-28(22)36-33(41)32-31(26-16-8-10-18-30(26)43-25-14-5-4-6-15-25)37-38-40(32)34(42)39-19-11-13-23-12-7-9-17-29(23)39/h4-6,8,10,14-16,18,22-24,27-29H,7,9,11-13,17,19-21H2,1-3H3,(H,36,41)/t22-,23?,24-,27+,28-,29?/m0/s1. The molecule has 4 aliphatic carbocycles. The number of hydrogen-bond donors (Lipinski definition) is 1. The van der Waals surface area contributed by atoms with Gasteiger partial charge in [0.05, 0.1) is 0 Å². The number of fused-ring (bicyclic) bond motifs is 3. The van der Waals surface area contributed by atoms with E-state index in [1.165, 1.54) is 17.5 Å². The van der Waals surface area contributed by atoms with E-state index in [0.717, 1.165) is 38.5 Å². The van der Waals surface area contributed by atoms with Crippen LogP contribution in [-0.2, 0) is 0 Å². The molecule has 3 aromatic rings. The minimum atomic E-state index is -0.295. The quantitative estimate of drug-likeness (QED) is 0.345. The molecule has 2 aromatic carbocycles. The van der Waals surface area contributed by atoms with Gasteiger partial charge in [-0.25, -0.2) is 4.79 Å². The van der Waals surface area contributed by atoms with Crippen LogP contribution >= 0.6 is 0 Å². The first-order chi connectivity index (χ1) is 20.8. The summed E-state index contributed by atoms with van der Waals surface area (Å²) in [5.74, 6) is 2.99. The lowest BCUT2D eigenvalue weighted by atomic mass is 9.45. The van der Waals surface area contributed by atoms with Crippen molar-refractivity contribution < 1.29 is 14.3 Å². The number of nitrogens with one attached hydrogen (secondary N) is 1. The first-order valence-corrected chi connectivity index (χ1v) is 16.2. The summed E-state index contributed by atoms with van der Waals surface area (Å²) in [4.78, 5) is 30.6. The highest BCUT2D eigenvalue weighted by atomic mass is 16.5. The molecule has 6 atom stereocenters. The molecule has 43 heavy (non-hydrogen) atoms. The fraction of sp³-hybridized carbons (Fsp3) is 0.543. The first kappa shape index (κ1) is 28.1. The Kier molecular flexibility index (Phi) is 7.26. The summed E-state index contributed by atoms with van der Waals surface area (Å²) >= 11 is 0. The van der Waals surface area contributed by atoms with Gasteiger partial charge in [-0.15, -0.1) is 5.10 Å². The van der Waals surface area contributed by atoms with E-state index < -0.39 is 0 Å². The highest BCUT2D eigenvalue weighted by Crippen LogP contribution is 2.61. The van der Waals surface area contributed by atoms with E-state index in [2.05, 4.69) is 36.4 Å². The van der Waals surface area contributed by atoms with Gasteiger partial charge in [0.25, 0.3) is 5.91 Å². The minimum absolute atomic E-state index is 0.0455. The predicted octanol–water partition coefficient (Wildman–Crippen LogP) is 7.16. The number of rotatable bonds is 5. The van der Waals surface area contributed by atoms with Crippen LogP contribution in [0.1, 0.15) is 82.6 Å². The van der Waals surface area contributed by atoms with Gasteiger partial charge in [0.1, 0.15) is 17.2 Å². The zero-order valence-corrected chi connectivity index (χ0v) is 25.5. The lowest BCUT2D eigenvalue weighted by Gasteiger charge is -2.62. The van der Waals surface area contributed by atoms with Gasteiger partial charge >= 0.3 is 6.03 Å². The van der Waals surface area contributed by atoms with Crippen LogP contribution in [0.25, 0.3) is 11.3 Å². The number of carbonyl (C=O) groups is 2. The molecule has 1 aromatic heterocycles. The van der Waals surface area contributed by atoms with Gasteiger partial charge in [-0.05, 0) is 91.9 Å². The lowest BCUT2D eigenvalue weighted by Crippen LogP contribution is -2.60. The number of hydrogen-bond acceptors (Lipinski definition) is 5. The van der Waals surface area contributed by atoms with Crippen molar-refractivity contribution in [1.82, 2.24) is 25.2 Å². The molecule has 1 aliphatic heterocycles. The highest BCUT2D eigenvalue weighted by molar-refractivity contribution is 6.02. The Morgan fingerprint density at radius 3 is 2.49 bits per heavy atom. The molecule has 2 amide bonds. The Balaban J connectivity index is 1.25. The smallest absolute Gasteiger partial charge is 0.347 e. The molecule has 5 aliphatic rings. The molecule has 8 heteroatoms. The third-order valence-corrected chi connectivity index (χ3v) is 11.3. The van der Waals surface area contributed by atoms with E-state index in [4.69, 9.17) is 4.74 Å². The molecule has 2 unspecified atom stereocenters. The van der Waals surface area contributed by atoms with E-state index in [1.807, 2.05) is 59.5 Å². The molecular weight excluding hydrogens is 538 g/mol. The molecule has 0 spiro atoms. The van der Waals surface area contributed by atoms with E-state index in [0.29, 0.717) is 58.4 Å². The van der Waals surface area contributed by atoms with Crippen LogP contribution in [0.4, 0.5) is 4.79 Å². The fourth-order valence-electron chi connectivity index (χ4n) is 8.73. The Morgan fingerprint density at radius 2 is 1.70 bits per heavy atom. The van der Waals surface area contributed by atoms with Crippen LogP contribution in [0, 0.1) is 29.1 Å². The number of benzene rings is 2. The Morgan fingerprint density at radius 1 is 0.953 bits per heavy atom. The van der Waals surface area contributed by atoms with Crippen LogP contribution in [-0.4, -0.2) is 50.5 Å². The lowest BCUT2D eigenvalue weighted by molar-refractivity contribution is -0.113. The molecular formula is C35H43N5O3. The number of nitrogens with zero attached hydrogens (tertiary/aromatic N) is 4. The molecule has 1 N–H and O–H groups in total. The number of para-hydroxylation sites is 2. The molecule has 5 fully saturated rings. The van der Waals surface area contributed by atoms with Crippen molar-refractivity contribution in [2.45, 2.75) is 84.2 Å². The van der Waals surface area contributed by atoms with E-state index in [1.54, 1.807) is 0 Å². The largest absolute Gasteiger partial charge is 0.457 e. The normalized spacial score (nSPS) is 29.2. The zero-order chi connectivity index (χ0) is 29.7. The van der Waals surface area contributed by atoms with Crippen LogP contribution in [0.2, 0.25) is 0 Å². The Hall–Kier alpha value is -3.68. The number of likely N-dealkylation sites (tertiary alicyclic amines) is 1. The van der Waals surface area contributed by atoms with Gasteiger partial charge < -0.3 is 15.0 Å². The van der Waals surface area contributed by atoms with Gasteiger partial charge in [-0.3, -0.25) is 4.79 Å². The van der Waals surface area contributed by atoms with Crippen molar-refractivity contribution in [1.29, 1.82) is 0 Å². The average Bonchev–Trinajstić information content (AvgIpc) is 3.47. The summed E-state index contributed by atoms with van der Waals surface area (Å²) in [6.07, 6.45) is 8.83. The van der Waals surface area contributed by atoms with Crippen LogP contribution in [0.15, 0.2) is 54.6 Å². The summed E-state index contributed by atoms with van der Waals surface area (Å²) in [7, 11) is 0.